The van der Waals surface area contributed by atoms with E-state index in [9.17, 15) is 4.79 Å². The van der Waals surface area contributed by atoms with Gasteiger partial charge in [-0.05, 0) is 63.5 Å². The van der Waals surface area contributed by atoms with Crippen molar-refractivity contribution < 1.29 is 23.8 Å². The van der Waals surface area contributed by atoms with Crippen molar-refractivity contribution in [3.8, 4) is 22.9 Å². The van der Waals surface area contributed by atoms with E-state index in [-0.39, 0.29) is 30.3 Å². The van der Waals surface area contributed by atoms with Crippen LogP contribution in [0.5, 0.6) is 11.6 Å². The van der Waals surface area contributed by atoms with E-state index in [2.05, 4.69) is 37.0 Å². The summed E-state index contributed by atoms with van der Waals surface area (Å²) in [6.07, 6.45) is 0.712. The highest BCUT2D eigenvalue weighted by atomic mass is 79.9. The Morgan fingerprint density at radius 2 is 1.82 bits per heavy atom. The van der Waals surface area contributed by atoms with Crippen LogP contribution < -0.4 is 9.47 Å². The largest absolute Gasteiger partial charge is 0.490 e. The van der Waals surface area contributed by atoms with Gasteiger partial charge in [0.15, 0.2) is 0 Å². The van der Waals surface area contributed by atoms with E-state index < -0.39 is 11.8 Å². The van der Waals surface area contributed by atoms with Crippen molar-refractivity contribution in [1.29, 1.82) is 0 Å². The molecule has 0 aliphatic rings. The molecular weight excluding hydrogens is 571 g/mol. The van der Waals surface area contributed by atoms with Gasteiger partial charge in [-0.3, -0.25) is 0 Å². The molecule has 0 saturated carbocycles. The third-order valence-corrected chi connectivity index (χ3v) is 6.45. The summed E-state index contributed by atoms with van der Waals surface area (Å²) >= 11 is 7.09. The van der Waals surface area contributed by atoms with Gasteiger partial charge in [0.1, 0.15) is 18.1 Å². The van der Waals surface area contributed by atoms with Gasteiger partial charge < -0.3 is 14.6 Å². The van der Waals surface area contributed by atoms with Gasteiger partial charge in [-0.25, -0.2) is 9.48 Å². The molecule has 4 aromatic rings. The molecule has 0 fully saturated rings. The fraction of sp³-hybridized carbons (Fsp3) is 0.200. The zero-order valence-corrected chi connectivity index (χ0v) is 21.4. The van der Waals surface area contributed by atoms with Crippen molar-refractivity contribution in [2.45, 2.75) is 19.9 Å². The summed E-state index contributed by atoms with van der Waals surface area (Å²) in [5, 5.41) is 15.6. The predicted octanol–water partition coefficient (Wildman–Crippen LogP) is 6.93. The number of halogens is 3. The van der Waals surface area contributed by atoms with Crippen LogP contribution in [0.2, 0.25) is 0 Å². The van der Waals surface area contributed by atoms with Crippen LogP contribution in [-0.2, 0) is 6.54 Å². The molecule has 0 aliphatic carbocycles. The molecular formula is C25H21Br2FN2O4. The topological polar surface area (TPSA) is 73.6 Å². The van der Waals surface area contributed by atoms with Crippen LogP contribution >= 0.6 is 31.9 Å². The van der Waals surface area contributed by atoms with E-state index in [0.717, 1.165) is 19.7 Å². The lowest BCUT2D eigenvalue weighted by molar-refractivity contribution is 0.0697. The molecule has 0 spiro atoms. The summed E-state index contributed by atoms with van der Waals surface area (Å²) in [7, 11) is 0. The van der Waals surface area contributed by atoms with E-state index in [1.807, 2.05) is 37.3 Å². The van der Waals surface area contributed by atoms with Crippen LogP contribution in [0.15, 0.2) is 63.5 Å². The lowest BCUT2D eigenvalue weighted by atomic mass is 10.1. The van der Waals surface area contributed by atoms with Gasteiger partial charge in [-0.2, -0.15) is 9.49 Å². The Hall–Kier alpha value is -2.91. The zero-order chi connectivity index (χ0) is 24.2. The van der Waals surface area contributed by atoms with Crippen molar-refractivity contribution in [3.05, 3.63) is 74.9 Å². The van der Waals surface area contributed by atoms with Crippen LogP contribution in [0.1, 0.15) is 23.7 Å². The van der Waals surface area contributed by atoms with Crippen molar-refractivity contribution in [2.75, 3.05) is 13.2 Å². The van der Waals surface area contributed by atoms with Gasteiger partial charge in [0.05, 0.1) is 23.2 Å². The molecule has 34 heavy (non-hydrogen) atoms. The summed E-state index contributed by atoms with van der Waals surface area (Å²) in [5.74, 6) is -0.934. The minimum Gasteiger partial charge on any atom is -0.490 e. The molecule has 176 valence electrons. The Morgan fingerprint density at radius 3 is 2.53 bits per heavy atom. The molecule has 0 atom stereocenters. The molecule has 1 heterocycles. The Balaban J connectivity index is 1.55. The molecule has 1 N–H and O–H groups in total. The summed E-state index contributed by atoms with van der Waals surface area (Å²) in [6, 6.07) is 15.7. The maximum Gasteiger partial charge on any atom is 0.335 e. The number of rotatable bonds is 9. The first-order valence-corrected chi connectivity index (χ1v) is 12.2. The van der Waals surface area contributed by atoms with Crippen LogP contribution in [0.4, 0.5) is 4.39 Å². The van der Waals surface area contributed by atoms with E-state index in [1.165, 1.54) is 28.9 Å². The fourth-order valence-electron chi connectivity index (χ4n) is 3.46. The molecule has 0 aliphatic heterocycles. The SMILES string of the molecule is CCCOc1c(F)c(-c2ccc(C(=O)O)cc2)nn1CCOc1ccc2cc(Br)ccc2c1Br. The van der Waals surface area contributed by atoms with Crippen molar-refractivity contribution in [2.24, 2.45) is 0 Å². The number of benzene rings is 3. The van der Waals surface area contributed by atoms with E-state index in [1.54, 1.807) is 0 Å². The Bertz CT molecular complexity index is 1340. The highest BCUT2D eigenvalue weighted by Crippen LogP contribution is 2.35. The highest BCUT2D eigenvalue weighted by Gasteiger charge is 2.21. The molecule has 3 aromatic carbocycles. The minimum atomic E-state index is -1.05. The molecule has 0 radical (unpaired) electrons. The fourth-order valence-corrected chi connectivity index (χ4v) is 4.45. The number of hydrogen-bond donors (Lipinski definition) is 1. The zero-order valence-electron chi connectivity index (χ0n) is 18.2. The molecule has 0 unspecified atom stereocenters. The molecule has 0 amide bonds. The van der Waals surface area contributed by atoms with Gasteiger partial charge in [-0.15, -0.1) is 0 Å². The van der Waals surface area contributed by atoms with Gasteiger partial charge in [0.2, 0.25) is 11.7 Å². The average molecular weight is 592 g/mol. The smallest absolute Gasteiger partial charge is 0.335 e. The number of carbonyl (C=O) groups is 1. The third-order valence-electron chi connectivity index (χ3n) is 5.14. The standard InChI is InChI=1S/C25H21Br2FN2O4/c1-2-12-34-24-22(28)23(15-3-5-16(6-4-15)25(31)32)29-30(24)11-13-33-20-10-7-17-14-18(26)8-9-19(17)21(20)27/h3-10,14H,2,11-13H2,1H3,(H,31,32). The second-order valence-corrected chi connectivity index (χ2v) is 9.22. The number of nitrogens with zero attached hydrogens (tertiary/aromatic N) is 2. The van der Waals surface area contributed by atoms with Gasteiger partial charge >= 0.3 is 5.97 Å². The number of aromatic carboxylic acids is 1. The average Bonchev–Trinajstić information content (AvgIpc) is 3.14. The second kappa shape index (κ2) is 10.6. The third kappa shape index (κ3) is 5.10. The first-order chi connectivity index (χ1) is 16.4. The molecule has 4 rings (SSSR count). The number of carboxylic acids is 1. The van der Waals surface area contributed by atoms with Gasteiger partial charge in [-0.1, -0.05) is 47.1 Å². The van der Waals surface area contributed by atoms with Crippen molar-refractivity contribution >= 4 is 48.6 Å². The second-order valence-electron chi connectivity index (χ2n) is 7.51. The lowest BCUT2D eigenvalue weighted by Crippen LogP contribution is -2.12. The normalized spacial score (nSPS) is 11.1. The first-order valence-electron chi connectivity index (χ1n) is 10.6. The number of aromatic nitrogens is 2. The molecule has 0 bridgehead atoms. The Morgan fingerprint density at radius 1 is 1.06 bits per heavy atom. The maximum atomic E-state index is 15.2. The lowest BCUT2D eigenvalue weighted by Gasteiger charge is -2.12. The molecule has 9 heteroatoms. The Labute approximate surface area is 212 Å². The summed E-state index contributed by atoms with van der Waals surface area (Å²) in [6.45, 7) is 2.77. The maximum absolute atomic E-state index is 15.2. The van der Waals surface area contributed by atoms with Crippen molar-refractivity contribution in [3.63, 3.8) is 0 Å². The van der Waals surface area contributed by atoms with Crippen LogP contribution in [0, 0.1) is 5.82 Å². The van der Waals surface area contributed by atoms with Crippen LogP contribution in [0.25, 0.3) is 22.0 Å². The summed E-state index contributed by atoms with van der Waals surface area (Å²) in [5.41, 5.74) is 0.681. The van der Waals surface area contributed by atoms with E-state index >= 15 is 4.39 Å². The number of ether oxygens (including phenoxy) is 2. The monoisotopic (exact) mass is 590 g/mol. The summed E-state index contributed by atoms with van der Waals surface area (Å²) in [4.78, 5) is 11.1. The van der Waals surface area contributed by atoms with Crippen LogP contribution in [-0.4, -0.2) is 34.1 Å². The number of carboxylic acid groups (broad SMARTS) is 1. The molecule has 6 nitrogen and oxygen atoms in total. The number of hydrogen-bond acceptors (Lipinski definition) is 4. The predicted molar refractivity (Wildman–Crippen MR) is 135 cm³/mol. The molecule has 0 saturated heterocycles. The minimum absolute atomic E-state index is 0.0326. The Kier molecular flexibility index (Phi) is 7.53. The first kappa shape index (κ1) is 24.2. The van der Waals surface area contributed by atoms with Crippen LogP contribution in [0.3, 0.4) is 0 Å². The van der Waals surface area contributed by atoms with Gasteiger partial charge in [0, 0.05) is 10.0 Å². The van der Waals surface area contributed by atoms with Gasteiger partial charge in [0.25, 0.3) is 0 Å². The molecule has 1 aromatic heterocycles. The quantitative estimate of drug-likeness (QED) is 0.228. The summed E-state index contributed by atoms with van der Waals surface area (Å²) < 4.78 is 30.1. The highest BCUT2D eigenvalue weighted by molar-refractivity contribution is 9.11. The van der Waals surface area contributed by atoms with Crippen molar-refractivity contribution in [1.82, 2.24) is 9.78 Å². The van der Waals surface area contributed by atoms with E-state index in [4.69, 9.17) is 14.6 Å². The number of fused-ring (bicyclic) bond motifs is 1. The van der Waals surface area contributed by atoms with E-state index in [0.29, 0.717) is 24.3 Å².